The van der Waals surface area contributed by atoms with E-state index in [1.807, 2.05) is 0 Å². The maximum atomic E-state index is 13.8. The number of alkyl halides is 3. The molecule has 3 rings (SSSR count). The van der Waals surface area contributed by atoms with Gasteiger partial charge in [-0.05, 0) is 30.3 Å². The van der Waals surface area contributed by atoms with Crippen LogP contribution in [0.3, 0.4) is 0 Å². The molecule has 2 N–H and O–H groups in total. The highest BCUT2D eigenvalue weighted by Crippen LogP contribution is 2.20. The first-order chi connectivity index (χ1) is 14.3. The van der Waals surface area contributed by atoms with Crippen LogP contribution in [-0.2, 0) is 0 Å². The Kier molecular flexibility index (Phi) is 6.53. The van der Waals surface area contributed by atoms with Gasteiger partial charge in [-0.1, -0.05) is 41.9 Å². The van der Waals surface area contributed by atoms with E-state index in [2.05, 4.69) is 5.10 Å². The number of carbonyl (C=O) groups excluding carboxylic acids is 1. The molecule has 0 aliphatic rings. The number of hydrogen-bond donors (Lipinski definition) is 2. The summed E-state index contributed by atoms with van der Waals surface area (Å²) in [6.45, 7) is 0. The van der Waals surface area contributed by atoms with Crippen molar-refractivity contribution < 1.29 is 23.1 Å². The number of carbonyl (C=O) groups is 1. The molecule has 30 heavy (non-hydrogen) atoms. The quantitative estimate of drug-likeness (QED) is 0.580. The first-order valence-corrected chi connectivity index (χ1v) is 9.02. The molecule has 1 heterocycles. The smallest absolute Gasteiger partial charge is 0.284 e. The minimum atomic E-state index is -3.41. The molecule has 1 unspecified atom stereocenters. The zero-order valence-corrected chi connectivity index (χ0v) is 15.9. The Labute approximate surface area is 173 Å². The lowest BCUT2D eigenvalue weighted by Crippen LogP contribution is -2.45. The average molecular weight is 438 g/mol. The van der Waals surface area contributed by atoms with Crippen LogP contribution < -0.4 is 10.9 Å². The van der Waals surface area contributed by atoms with Crippen LogP contribution in [0.15, 0.2) is 65.5 Å². The number of rotatable bonds is 6. The fraction of sp³-hybridized carbons (Fsp3) is 0.150. The van der Waals surface area contributed by atoms with E-state index in [1.54, 1.807) is 59.9 Å². The summed E-state index contributed by atoms with van der Waals surface area (Å²) in [5.41, 5.74) is -0.414. The van der Waals surface area contributed by atoms with Gasteiger partial charge in [0, 0.05) is 10.6 Å². The summed E-state index contributed by atoms with van der Waals surface area (Å²) in [6.07, 6.45) is -8.92. The fourth-order valence-electron chi connectivity index (χ4n) is 2.58. The molecule has 0 bridgehead atoms. The summed E-state index contributed by atoms with van der Waals surface area (Å²) >= 11 is 5.88. The van der Waals surface area contributed by atoms with Gasteiger partial charge in [-0.2, -0.15) is 9.78 Å². The van der Waals surface area contributed by atoms with E-state index in [-0.39, 0.29) is 5.69 Å². The van der Waals surface area contributed by atoms with Crippen LogP contribution in [-0.4, -0.2) is 39.6 Å². The zero-order valence-electron chi connectivity index (χ0n) is 15.2. The number of halogens is 4. The summed E-state index contributed by atoms with van der Waals surface area (Å²) in [5, 5.41) is 15.4. The molecule has 0 saturated carbocycles. The standard InChI is InChI=1S/C20H15ClF3N3O3/c21-12-8-6-11(7-9-12)15-10-14(19(29)25-18(24)16(28)17(22)23)20(30)27(26-15)13-4-2-1-3-5-13/h1-10,16-18,28H,(H,25,29)/t16-,18?/m1/s1. The number of nitrogens with one attached hydrogen (secondary N) is 1. The van der Waals surface area contributed by atoms with Gasteiger partial charge in [0.15, 0.2) is 6.10 Å². The molecule has 0 aliphatic heterocycles. The molecule has 0 saturated heterocycles. The molecule has 1 aromatic heterocycles. The summed E-state index contributed by atoms with van der Waals surface area (Å²) in [7, 11) is 0. The molecule has 10 heteroatoms. The van der Waals surface area contributed by atoms with Crippen molar-refractivity contribution in [3.8, 4) is 16.9 Å². The molecular formula is C20H15ClF3N3O3. The Morgan fingerprint density at radius 2 is 1.70 bits per heavy atom. The molecule has 0 fully saturated rings. The summed E-state index contributed by atoms with van der Waals surface area (Å²) in [5.74, 6) is -1.27. The van der Waals surface area contributed by atoms with Gasteiger partial charge in [-0.15, -0.1) is 0 Å². The first-order valence-electron chi connectivity index (χ1n) is 8.65. The van der Waals surface area contributed by atoms with Gasteiger partial charge in [0.2, 0.25) is 6.30 Å². The van der Waals surface area contributed by atoms with Crippen LogP contribution in [0.25, 0.3) is 16.9 Å². The molecule has 2 atom stereocenters. The van der Waals surface area contributed by atoms with E-state index in [4.69, 9.17) is 16.7 Å². The lowest BCUT2D eigenvalue weighted by atomic mass is 10.1. The van der Waals surface area contributed by atoms with Gasteiger partial charge in [-0.3, -0.25) is 9.59 Å². The van der Waals surface area contributed by atoms with Crippen molar-refractivity contribution in [3.63, 3.8) is 0 Å². The number of nitrogens with zero attached hydrogens (tertiary/aromatic N) is 2. The largest absolute Gasteiger partial charge is 0.382 e. The van der Waals surface area contributed by atoms with Crippen molar-refractivity contribution >= 4 is 17.5 Å². The summed E-state index contributed by atoms with van der Waals surface area (Å²) in [6, 6.07) is 15.6. The Balaban J connectivity index is 2.09. The van der Waals surface area contributed by atoms with Crippen LogP contribution in [0, 0.1) is 0 Å². The molecule has 1 amide bonds. The number of aliphatic hydroxyl groups excluding tert-OH is 1. The monoisotopic (exact) mass is 437 g/mol. The van der Waals surface area contributed by atoms with Crippen molar-refractivity contribution in [3.05, 3.63) is 81.6 Å². The van der Waals surface area contributed by atoms with Crippen molar-refractivity contribution in [2.45, 2.75) is 18.8 Å². The SMILES string of the molecule is O=C(NC(F)[C@H](O)C(F)F)c1cc(-c2ccc(Cl)cc2)nn(-c2ccccc2)c1=O. The van der Waals surface area contributed by atoms with Gasteiger partial charge in [0.05, 0.1) is 11.4 Å². The van der Waals surface area contributed by atoms with Crippen LogP contribution in [0.2, 0.25) is 5.02 Å². The van der Waals surface area contributed by atoms with Crippen molar-refractivity contribution in [2.75, 3.05) is 0 Å². The predicted octanol–water partition coefficient (Wildman–Crippen LogP) is 3.20. The predicted molar refractivity (Wildman–Crippen MR) is 105 cm³/mol. The number of aliphatic hydroxyl groups is 1. The second-order valence-corrected chi connectivity index (χ2v) is 6.64. The van der Waals surface area contributed by atoms with Crippen molar-refractivity contribution in [1.29, 1.82) is 0 Å². The van der Waals surface area contributed by atoms with E-state index in [0.717, 1.165) is 10.7 Å². The Bertz CT molecular complexity index is 1090. The number of aromatic nitrogens is 2. The fourth-order valence-corrected chi connectivity index (χ4v) is 2.71. The van der Waals surface area contributed by atoms with Gasteiger partial charge < -0.3 is 10.4 Å². The molecule has 0 radical (unpaired) electrons. The first kappa shape index (κ1) is 21.5. The molecule has 2 aromatic carbocycles. The minimum Gasteiger partial charge on any atom is -0.382 e. The molecule has 3 aromatic rings. The highest BCUT2D eigenvalue weighted by atomic mass is 35.5. The number of benzene rings is 2. The van der Waals surface area contributed by atoms with E-state index in [9.17, 15) is 22.8 Å². The minimum absolute atomic E-state index is 0.185. The van der Waals surface area contributed by atoms with E-state index in [0.29, 0.717) is 16.3 Å². The Morgan fingerprint density at radius 3 is 2.30 bits per heavy atom. The molecular weight excluding hydrogens is 423 g/mol. The third kappa shape index (κ3) is 4.69. The lowest BCUT2D eigenvalue weighted by molar-refractivity contribution is -0.0551. The second-order valence-electron chi connectivity index (χ2n) is 6.20. The number of para-hydroxylation sites is 1. The maximum absolute atomic E-state index is 13.8. The Morgan fingerprint density at radius 1 is 1.07 bits per heavy atom. The topological polar surface area (TPSA) is 84.2 Å². The van der Waals surface area contributed by atoms with Gasteiger partial charge >= 0.3 is 0 Å². The maximum Gasteiger partial charge on any atom is 0.284 e. The Hall–Kier alpha value is -3.17. The van der Waals surface area contributed by atoms with Crippen molar-refractivity contribution in [1.82, 2.24) is 15.1 Å². The third-order valence-corrected chi connectivity index (χ3v) is 4.38. The number of hydrogen-bond acceptors (Lipinski definition) is 4. The molecule has 0 aliphatic carbocycles. The lowest BCUT2D eigenvalue weighted by Gasteiger charge is -2.16. The van der Waals surface area contributed by atoms with E-state index < -0.39 is 35.9 Å². The van der Waals surface area contributed by atoms with Crippen LogP contribution in [0.1, 0.15) is 10.4 Å². The van der Waals surface area contributed by atoms with Crippen LogP contribution in [0.4, 0.5) is 13.2 Å². The zero-order chi connectivity index (χ0) is 21.8. The highest BCUT2D eigenvalue weighted by Gasteiger charge is 2.30. The summed E-state index contributed by atoms with van der Waals surface area (Å²) < 4.78 is 39.7. The van der Waals surface area contributed by atoms with Crippen molar-refractivity contribution in [2.24, 2.45) is 0 Å². The second kappa shape index (κ2) is 9.10. The van der Waals surface area contributed by atoms with E-state index >= 15 is 0 Å². The van der Waals surface area contributed by atoms with Crippen LogP contribution >= 0.6 is 11.6 Å². The van der Waals surface area contributed by atoms with Gasteiger partial charge in [-0.25, -0.2) is 13.2 Å². The number of amides is 1. The van der Waals surface area contributed by atoms with Gasteiger partial charge in [0.1, 0.15) is 5.56 Å². The molecule has 156 valence electrons. The summed E-state index contributed by atoms with van der Waals surface area (Å²) in [4.78, 5) is 25.3. The van der Waals surface area contributed by atoms with E-state index in [1.165, 1.54) is 0 Å². The van der Waals surface area contributed by atoms with Crippen LogP contribution in [0.5, 0.6) is 0 Å². The highest BCUT2D eigenvalue weighted by molar-refractivity contribution is 6.30. The normalized spacial score (nSPS) is 13.1. The molecule has 0 spiro atoms. The molecule has 6 nitrogen and oxygen atoms in total. The van der Waals surface area contributed by atoms with Gasteiger partial charge in [0.25, 0.3) is 17.9 Å². The third-order valence-electron chi connectivity index (χ3n) is 4.12. The average Bonchev–Trinajstić information content (AvgIpc) is 2.74.